The van der Waals surface area contributed by atoms with Crippen LogP contribution in [0.4, 0.5) is 0 Å². The molecular weight excluding hydrogens is 495 g/mol. The molecule has 8 heteroatoms. The van der Waals surface area contributed by atoms with Crippen LogP contribution < -0.4 is 20.1 Å². The Bertz CT molecular complexity index is 697. The number of rotatable bonds is 7. The second-order valence-electron chi connectivity index (χ2n) is 8.32. The van der Waals surface area contributed by atoms with E-state index in [4.69, 9.17) is 14.5 Å². The number of ether oxygens (including phenoxy) is 2. The van der Waals surface area contributed by atoms with Crippen molar-refractivity contribution in [2.75, 3.05) is 46.9 Å². The van der Waals surface area contributed by atoms with Crippen molar-refractivity contribution in [2.24, 2.45) is 10.4 Å². The number of nitrogens with zero attached hydrogens (tertiary/aromatic N) is 2. The predicted molar refractivity (Wildman–Crippen MR) is 132 cm³/mol. The Hall–Kier alpha value is -1.71. The third-order valence-electron chi connectivity index (χ3n) is 5.01. The van der Waals surface area contributed by atoms with Gasteiger partial charge in [0.25, 0.3) is 0 Å². The molecule has 1 heterocycles. The van der Waals surface area contributed by atoms with Crippen molar-refractivity contribution in [1.29, 1.82) is 0 Å². The molecule has 2 N–H and O–H groups in total. The molecule has 1 aliphatic heterocycles. The van der Waals surface area contributed by atoms with Crippen LogP contribution in [0, 0.1) is 5.41 Å². The second kappa shape index (κ2) is 12.2. The minimum atomic E-state index is -0.381. The Kier molecular flexibility index (Phi) is 10.7. The summed E-state index contributed by atoms with van der Waals surface area (Å²) in [5.41, 5.74) is 0.839. The number of guanidine groups is 1. The van der Waals surface area contributed by atoms with Gasteiger partial charge in [-0.2, -0.15) is 0 Å². The lowest BCUT2D eigenvalue weighted by atomic mass is 9.96. The number of hydrogen-bond donors (Lipinski definition) is 2. The molecule has 0 saturated carbocycles. The van der Waals surface area contributed by atoms with Gasteiger partial charge in [-0.25, -0.2) is 0 Å². The van der Waals surface area contributed by atoms with E-state index in [9.17, 15) is 4.79 Å². The van der Waals surface area contributed by atoms with Gasteiger partial charge in [-0.15, -0.1) is 24.0 Å². The molecule has 1 fully saturated rings. The summed E-state index contributed by atoms with van der Waals surface area (Å²) in [6.07, 6.45) is 1.04. The van der Waals surface area contributed by atoms with E-state index in [1.165, 1.54) is 5.56 Å². The largest absolute Gasteiger partial charge is 0.497 e. The summed E-state index contributed by atoms with van der Waals surface area (Å²) < 4.78 is 10.8. The molecule has 170 valence electrons. The summed E-state index contributed by atoms with van der Waals surface area (Å²) >= 11 is 0. The molecule has 0 aromatic heterocycles. The van der Waals surface area contributed by atoms with Crippen LogP contribution in [0.5, 0.6) is 11.5 Å². The average Bonchev–Trinajstić information content (AvgIpc) is 3.19. The van der Waals surface area contributed by atoms with Crippen LogP contribution in [-0.4, -0.2) is 63.7 Å². The maximum absolute atomic E-state index is 12.0. The quantitative estimate of drug-likeness (QED) is 0.244. The molecule has 1 aromatic carbocycles. The molecule has 1 unspecified atom stereocenters. The summed E-state index contributed by atoms with van der Waals surface area (Å²) in [5.74, 6) is 2.96. The van der Waals surface area contributed by atoms with Crippen LogP contribution >= 0.6 is 24.0 Å². The first-order chi connectivity index (χ1) is 13.8. The Morgan fingerprint density at radius 3 is 2.33 bits per heavy atom. The number of carbonyl (C=O) groups excluding carboxylic acids is 1. The van der Waals surface area contributed by atoms with Crippen molar-refractivity contribution in [1.82, 2.24) is 15.5 Å². The molecule has 2 rings (SSSR count). The van der Waals surface area contributed by atoms with Crippen LogP contribution in [0.2, 0.25) is 0 Å². The Labute approximate surface area is 198 Å². The standard InChI is InChI=1S/C22H36N4O3.HI/c1-7-23-21(25-10-9-24-20(27)22(2,3)4)26-11-8-16(15-26)17-12-18(28-5)14-19(13-17)29-6;/h12-14,16H,7-11,15H2,1-6H3,(H,23,25)(H,24,27);1H. The molecule has 7 nitrogen and oxygen atoms in total. The third kappa shape index (κ3) is 7.52. The maximum atomic E-state index is 12.0. The SMILES string of the molecule is CCNC(=NCCNC(=O)C(C)(C)C)N1CCC(c2cc(OC)cc(OC)c2)C1.I. The number of aliphatic imine (C=N–C) groups is 1. The molecule has 30 heavy (non-hydrogen) atoms. The first kappa shape index (κ1) is 26.3. The minimum Gasteiger partial charge on any atom is -0.497 e. The summed E-state index contributed by atoms with van der Waals surface area (Å²) in [4.78, 5) is 19.0. The van der Waals surface area contributed by atoms with Gasteiger partial charge in [0.1, 0.15) is 11.5 Å². The third-order valence-corrected chi connectivity index (χ3v) is 5.01. The van der Waals surface area contributed by atoms with E-state index < -0.39 is 0 Å². The highest BCUT2D eigenvalue weighted by Gasteiger charge is 2.27. The van der Waals surface area contributed by atoms with Gasteiger partial charge in [-0.05, 0) is 31.0 Å². The van der Waals surface area contributed by atoms with Crippen molar-refractivity contribution < 1.29 is 14.3 Å². The smallest absolute Gasteiger partial charge is 0.225 e. The van der Waals surface area contributed by atoms with Crippen LogP contribution in [0.3, 0.4) is 0 Å². The minimum absolute atomic E-state index is 0. The zero-order valence-electron chi connectivity index (χ0n) is 19.1. The Morgan fingerprint density at radius 1 is 1.17 bits per heavy atom. The lowest BCUT2D eigenvalue weighted by Crippen LogP contribution is -2.41. The van der Waals surface area contributed by atoms with Crippen molar-refractivity contribution in [2.45, 2.75) is 40.0 Å². The first-order valence-corrected chi connectivity index (χ1v) is 10.3. The van der Waals surface area contributed by atoms with Crippen molar-refractivity contribution >= 4 is 35.8 Å². The summed E-state index contributed by atoms with van der Waals surface area (Å²) in [7, 11) is 3.35. The zero-order valence-corrected chi connectivity index (χ0v) is 21.4. The highest BCUT2D eigenvalue weighted by atomic mass is 127. The lowest BCUT2D eigenvalue weighted by molar-refractivity contribution is -0.128. The highest BCUT2D eigenvalue weighted by Crippen LogP contribution is 2.32. The second-order valence-corrected chi connectivity index (χ2v) is 8.32. The number of hydrogen-bond acceptors (Lipinski definition) is 4. The van der Waals surface area contributed by atoms with E-state index in [1.807, 2.05) is 26.8 Å². The summed E-state index contributed by atoms with van der Waals surface area (Å²) in [6, 6.07) is 6.07. The molecule has 0 aliphatic carbocycles. The van der Waals surface area contributed by atoms with E-state index in [0.29, 0.717) is 19.0 Å². The van der Waals surface area contributed by atoms with Gasteiger partial charge in [-0.3, -0.25) is 9.79 Å². The molecule has 0 radical (unpaired) electrons. The van der Waals surface area contributed by atoms with E-state index in [-0.39, 0.29) is 35.3 Å². The number of methoxy groups -OCH3 is 2. The van der Waals surface area contributed by atoms with Crippen LogP contribution in [0.15, 0.2) is 23.2 Å². The molecular formula is C22H37IN4O3. The molecule has 1 saturated heterocycles. The summed E-state index contributed by atoms with van der Waals surface area (Å²) in [5, 5.41) is 6.32. The fourth-order valence-corrected chi connectivity index (χ4v) is 3.31. The molecule has 1 aliphatic rings. The van der Waals surface area contributed by atoms with E-state index >= 15 is 0 Å². The zero-order chi connectivity index (χ0) is 21.4. The topological polar surface area (TPSA) is 75.2 Å². The van der Waals surface area contributed by atoms with Gasteiger partial charge in [0.2, 0.25) is 5.91 Å². The molecule has 1 amide bonds. The number of carbonyl (C=O) groups is 1. The van der Waals surface area contributed by atoms with Gasteiger partial charge in [0.15, 0.2) is 5.96 Å². The number of halogens is 1. The van der Waals surface area contributed by atoms with Crippen molar-refractivity contribution in [3.63, 3.8) is 0 Å². The number of benzene rings is 1. The summed E-state index contributed by atoms with van der Waals surface area (Å²) in [6.45, 7) is 11.5. The van der Waals surface area contributed by atoms with Gasteiger partial charge in [0, 0.05) is 43.6 Å². The lowest BCUT2D eigenvalue weighted by Gasteiger charge is -2.22. The Morgan fingerprint density at radius 2 is 1.80 bits per heavy atom. The number of likely N-dealkylation sites (tertiary alicyclic amines) is 1. The van der Waals surface area contributed by atoms with Crippen molar-refractivity contribution in [3.8, 4) is 11.5 Å². The molecule has 1 atom stereocenters. The van der Waals surface area contributed by atoms with Crippen molar-refractivity contribution in [3.05, 3.63) is 23.8 Å². The van der Waals surface area contributed by atoms with Crippen LogP contribution in [0.25, 0.3) is 0 Å². The molecule has 1 aromatic rings. The normalized spacial score (nSPS) is 16.7. The van der Waals surface area contributed by atoms with Crippen LogP contribution in [0.1, 0.15) is 45.6 Å². The number of nitrogens with one attached hydrogen (secondary N) is 2. The van der Waals surface area contributed by atoms with E-state index in [1.54, 1.807) is 14.2 Å². The van der Waals surface area contributed by atoms with Gasteiger partial charge >= 0.3 is 0 Å². The van der Waals surface area contributed by atoms with Crippen LogP contribution in [-0.2, 0) is 4.79 Å². The molecule has 0 bridgehead atoms. The monoisotopic (exact) mass is 532 g/mol. The Balaban J connectivity index is 0.00000450. The van der Waals surface area contributed by atoms with Gasteiger partial charge < -0.3 is 25.0 Å². The van der Waals surface area contributed by atoms with Gasteiger partial charge in [-0.1, -0.05) is 20.8 Å². The maximum Gasteiger partial charge on any atom is 0.225 e. The van der Waals surface area contributed by atoms with E-state index in [2.05, 4.69) is 34.6 Å². The first-order valence-electron chi connectivity index (χ1n) is 10.3. The number of amides is 1. The fraction of sp³-hybridized carbons (Fsp3) is 0.636. The van der Waals surface area contributed by atoms with E-state index in [0.717, 1.165) is 43.5 Å². The predicted octanol–water partition coefficient (Wildman–Crippen LogP) is 3.24. The average molecular weight is 532 g/mol. The fourth-order valence-electron chi connectivity index (χ4n) is 3.31. The van der Waals surface area contributed by atoms with Gasteiger partial charge in [0.05, 0.1) is 20.8 Å². The molecule has 0 spiro atoms. The highest BCUT2D eigenvalue weighted by molar-refractivity contribution is 14.0.